The minimum Gasteiger partial charge on any atom is -0.454 e. The minimum absolute atomic E-state index is 0.109. The largest absolute Gasteiger partial charge is 0.454 e. The van der Waals surface area contributed by atoms with Gasteiger partial charge < -0.3 is 14.8 Å². The fourth-order valence-electron chi connectivity index (χ4n) is 2.56. The van der Waals surface area contributed by atoms with E-state index in [1.807, 2.05) is 24.3 Å². The fourth-order valence-corrected chi connectivity index (χ4v) is 4.43. The lowest BCUT2D eigenvalue weighted by atomic mass is 10.1. The number of thiazole rings is 1. The standard InChI is InChI=1S/C18H14N2O4S2/c1-10(21)11-6-14-15(24-9-23-14)7-13(11)19-17(22)8-25-18-20-12-4-2-3-5-16(12)26-18/h2-7H,8-9H2,1H3,(H,19,22). The molecule has 132 valence electrons. The van der Waals surface area contributed by atoms with Gasteiger partial charge in [0.2, 0.25) is 12.7 Å². The average molecular weight is 386 g/mol. The second-order valence-electron chi connectivity index (χ2n) is 5.59. The van der Waals surface area contributed by atoms with E-state index in [-0.39, 0.29) is 24.2 Å². The Bertz CT molecular complexity index is 983. The third-order valence-electron chi connectivity index (χ3n) is 3.77. The molecule has 2 heterocycles. The number of carbonyl (C=O) groups excluding carboxylic acids is 2. The number of carbonyl (C=O) groups is 2. The summed E-state index contributed by atoms with van der Waals surface area (Å²) < 4.78 is 12.5. The van der Waals surface area contributed by atoms with Crippen LogP contribution in [0.1, 0.15) is 17.3 Å². The van der Waals surface area contributed by atoms with Crippen molar-refractivity contribution < 1.29 is 19.1 Å². The number of hydrogen-bond donors (Lipinski definition) is 1. The van der Waals surface area contributed by atoms with Gasteiger partial charge in [0.25, 0.3) is 0 Å². The van der Waals surface area contributed by atoms with E-state index in [0.29, 0.717) is 22.7 Å². The van der Waals surface area contributed by atoms with Gasteiger partial charge in [0, 0.05) is 11.6 Å². The predicted octanol–water partition coefficient (Wildman–Crippen LogP) is 3.96. The van der Waals surface area contributed by atoms with Crippen molar-refractivity contribution in [1.29, 1.82) is 0 Å². The molecule has 3 aromatic rings. The Morgan fingerprint density at radius 1 is 1.23 bits per heavy atom. The van der Waals surface area contributed by atoms with Gasteiger partial charge in [-0.05, 0) is 25.1 Å². The molecular formula is C18H14N2O4S2. The molecule has 0 atom stereocenters. The second kappa shape index (κ2) is 6.97. The molecule has 0 fully saturated rings. The van der Waals surface area contributed by atoms with E-state index in [1.165, 1.54) is 18.7 Å². The first-order valence-electron chi connectivity index (χ1n) is 7.83. The maximum absolute atomic E-state index is 12.3. The number of ether oxygens (including phenoxy) is 2. The molecule has 0 radical (unpaired) electrons. The number of anilines is 1. The number of aromatic nitrogens is 1. The van der Waals surface area contributed by atoms with Gasteiger partial charge in [-0.25, -0.2) is 4.98 Å². The van der Waals surface area contributed by atoms with Gasteiger partial charge in [-0.3, -0.25) is 9.59 Å². The van der Waals surface area contributed by atoms with Crippen LogP contribution in [-0.4, -0.2) is 29.2 Å². The van der Waals surface area contributed by atoms with Gasteiger partial charge in [-0.15, -0.1) is 11.3 Å². The molecule has 1 N–H and O–H groups in total. The van der Waals surface area contributed by atoms with E-state index in [2.05, 4.69) is 10.3 Å². The topological polar surface area (TPSA) is 77.5 Å². The Morgan fingerprint density at radius 2 is 2.00 bits per heavy atom. The average Bonchev–Trinajstić information content (AvgIpc) is 3.24. The van der Waals surface area contributed by atoms with E-state index in [9.17, 15) is 9.59 Å². The van der Waals surface area contributed by atoms with Crippen LogP contribution in [0.3, 0.4) is 0 Å². The van der Waals surface area contributed by atoms with E-state index >= 15 is 0 Å². The Kier molecular flexibility index (Phi) is 4.52. The van der Waals surface area contributed by atoms with Gasteiger partial charge in [0.1, 0.15) is 0 Å². The number of thioether (sulfide) groups is 1. The Morgan fingerprint density at radius 3 is 2.77 bits per heavy atom. The lowest BCUT2D eigenvalue weighted by Gasteiger charge is -2.10. The molecule has 1 aromatic heterocycles. The summed E-state index contributed by atoms with van der Waals surface area (Å²) in [6.45, 7) is 1.56. The lowest BCUT2D eigenvalue weighted by molar-refractivity contribution is -0.113. The molecule has 0 saturated carbocycles. The van der Waals surface area contributed by atoms with Crippen LogP contribution in [0.15, 0.2) is 40.7 Å². The summed E-state index contributed by atoms with van der Waals surface area (Å²) in [4.78, 5) is 28.7. The van der Waals surface area contributed by atoms with Crippen LogP contribution >= 0.6 is 23.1 Å². The minimum atomic E-state index is -0.212. The van der Waals surface area contributed by atoms with Crippen molar-refractivity contribution >= 4 is 50.7 Å². The Balaban J connectivity index is 1.47. The quantitative estimate of drug-likeness (QED) is 0.528. The Hall–Kier alpha value is -2.58. The van der Waals surface area contributed by atoms with Gasteiger partial charge in [0.05, 0.1) is 21.7 Å². The number of Topliss-reactive ketones (excluding diaryl/α,β-unsaturated/α-hetero) is 1. The van der Waals surface area contributed by atoms with Crippen LogP contribution in [0.5, 0.6) is 11.5 Å². The van der Waals surface area contributed by atoms with Gasteiger partial charge in [-0.2, -0.15) is 0 Å². The monoisotopic (exact) mass is 386 g/mol. The van der Waals surface area contributed by atoms with Crippen LogP contribution in [-0.2, 0) is 4.79 Å². The number of nitrogens with zero attached hydrogens (tertiary/aromatic N) is 1. The number of fused-ring (bicyclic) bond motifs is 2. The van der Waals surface area contributed by atoms with Gasteiger partial charge in [-0.1, -0.05) is 23.9 Å². The normalized spacial score (nSPS) is 12.3. The summed E-state index contributed by atoms with van der Waals surface area (Å²) in [5.74, 6) is 0.861. The summed E-state index contributed by atoms with van der Waals surface area (Å²) >= 11 is 2.92. The molecule has 26 heavy (non-hydrogen) atoms. The number of hydrogen-bond acceptors (Lipinski definition) is 7. The van der Waals surface area contributed by atoms with Crippen molar-refractivity contribution in [3.63, 3.8) is 0 Å². The number of nitrogens with one attached hydrogen (secondary N) is 1. The second-order valence-corrected chi connectivity index (χ2v) is 7.84. The molecule has 1 amide bonds. The lowest BCUT2D eigenvalue weighted by Crippen LogP contribution is -2.16. The summed E-state index contributed by atoms with van der Waals surface area (Å²) in [5.41, 5.74) is 1.75. The molecule has 1 aliphatic heterocycles. The summed E-state index contributed by atoms with van der Waals surface area (Å²) in [5, 5.41) is 2.79. The van der Waals surface area contributed by atoms with Crippen LogP contribution < -0.4 is 14.8 Å². The first-order chi connectivity index (χ1) is 12.6. The zero-order valence-corrected chi connectivity index (χ0v) is 15.4. The molecule has 0 saturated heterocycles. The fraction of sp³-hybridized carbons (Fsp3) is 0.167. The molecule has 4 rings (SSSR count). The first-order valence-corrected chi connectivity index (χ1v) is 9.63. The van der Waals surface area contributed by atoms with Crippen molar-refractivity contribution in [2.24, 2.45) is 0 Å². The smallest absolute Gasteiger partial charge is 0.234 e. The maximum Gasteiger partial charge on any atom is 0.234 e. The van der Waals surface area contributed by atoms with Crippen LogP contribution in [0.4, 0.5) is 5.69 Å². The predicted molar refractivity (Wildman–Crippen MR) is 102 cm³/mol. The molecule has 6 nitrogen and oxygen atoms in total. The van der Waals surface area contributed by atoms with E-state index in [1.54, 1.807) is 23.5 Å². The number of benzene rings is 2. The van der Waals surface area contributed by atoms with Crippen molar-refractivity contribution in [3.8, 4) is 11.5 Å². The molecule has 0 spiro atoms. The summed E-state index contributed by atoms with van der Waals surface area (Å²) in [6, 6.07) is 11.1. The summed E-state index contributed by atoms with van der Waals surface area (Å²) in [7, 11) is 0. The molecule has 0 unspecified atom stereocenters. The third-order valence-corrected chi connectivity index (χ3v) is 5.95. The van der Waals surface area contributed by atoms with Crippen molar-refractivity contribution in [2.45, 2.75) is 11.3 Å². The number of amides is 1. The maximum atomic E-state index is 12.3. The number of rotatable bonds is 5. The van der Waals surface area contributed by atoms with E-state index in [4.69, 9.17) is 9.47 Å². The van der Waals surface area contributed by atoms with Crippen LogP contribution in [0.2, 0.25) is 0 Å². The first kappa shape index (κ1) is 16.9. The molecule has 2 aromatic carbocycles. The molecular weight excluding hydrogens is 372 g/mol. The highest BCUT2D eigenvalue weighted by Gasteiger charge is 2.20. The molecule has 8 heteroatoms. The SMILES string of the molecule is CC(=O)c1cc2c(cc1NC(=O)CSc1nc3ccccc3s1)OCO2. The Labute approximate surface area is 157 Å². The molecule has 0 bridgehead atoms. The molecule has 0 aliphatic carbocycles. The van der Waals surface area contributed by atoms with Crippen molar-refractivity contribution in [3.05, 3.63) is 42.0 Å². The highest BCUT2D eigenvalue weighted by Crippen LogP contribution is 2.37. The highest BCUT2D eigenvalue weighted by atomic mass is 32.2. The zero-order chi connectivity index (χ0) is 18.1. The summed E-state index contributed by atoms with van der Waals surface area (Å²) in [6.07, 6.45) is 0. The van der Waals surface area contributed by atoms with E-state index in [0.717, 1.165) is 14.6 Å². The zero-order valence-electron chi connectivity index (χ0n) is 13.8. The molecule has 1 aliphatic rings. The van der Waals surface area contributed by atoms with Gasteiger partial charge in [0.15, 0.2) is 21.6 Å². The number of para-hydroxylation sites is 1. The van der Waals surface area contributed by atoms with Crippen LogP contribution in [0, 0.1) is 0 Å². The number of ketones is 1. The third kappa shape index (κ3) is 3.38. The van der Waals surface area contributed by atoms with Crippen molar-refractivity contribution in [2.75, 3.05) is 17.9 Å². The van der Waals surface area contributed by atoms with Crippen molar-refractivity contribution in [1.82, 2.24) is 4.98 Å². The highest BCUT2D eigenvalue weighted by molar-refractivity contribution is 8.01. The van der Waals surface area contributed by atoms with E-state index < -0.39 is 0 Å². The van der Waals surface area contributed by atoms with Crippen LogP contribution in [0.25, 0.3) is 10.2 Å². The van der Waals surface area contributed by atoms with Gasteiger partial charge >= 0.3 is 0 Å².